The fourth-order valence-corrected chi connectivity index (χ4v) is 1.99. The molecule has 0 aliphatic heterocycles. The van der Waals surface area contributed by atoms with E-state index in [1.54, 1.807) is 6.21 Å². The van der Waals surface area contributed by atoms with Gasteiger partial charge in [-0.25, -0.2) is 0 Å². The lowest BCUT2D eigenvalue weighted by molar-refractivity contribution is 0.866. The molecule has 0 saturated carbocycles. The molecule has 0 spiro atoms. The number of anilines is 1. The van der Waals surface area contributed by atoms with Crippen LogP contribution < -0.4 is 5.43 Å². The number of nitrogens with zero attached hydrogens (tertiary/aromatic N) is 1. The van der Waals surface area contributed by atoms with Gasteiger partial charge in [0, 0.05) is 5.02 Å². The van der Waals surface area contributed by atoms with Crippen LogP contribution in [0.4, 0.5) is 5.69 Å². The van der Waals surface area contributed by atoms with Crippen LogP contribution in [-0.4, -0.2) is 6.21 Å². The second-order valence-electron chi connectivity index (χ2n) is 5.16. The number of hydrogen-bond donors (Lipinski definition) is 1. The molecule has 2 aromatic rings. The molecule has 1 N–H and O–H groups in total. The highest BCUT2D eigenvalue weighted by Crippen LogP contribution is 2.20. The molecule has 2 nitrogen and oxygen atoms in total. The molecule has 0 amide bonds. The zero-order valence-corrected chi connectivity index (χ0v) is 12.8. The van der Waals surface area contributed by atoms with E-state index < -0.39 is 0 Å². The van der Waals surface area contributed by atoms with Crippen molar-refractivity contribution >= 4 is 23.5 Å². The van der Waals surface area contributed by atoms with Crippen molar-refractivity contribution in [1.29, 1.82) is 0 Å². The van der Waals surface area contributed by atoms with Crippen molar-refractivity contribution in [3.8, 4) is 0 Å². The molecule has 0 bridgehead atoms. The predicted molar refractivity (Wildman–Crippen MR) is 87.9 cm³/mol. The molecule has 0 aliphatic rings. The van der Waals surface area contributed by atoms with Gasteiger partial charge in [0.2, 0.25) is 0 Å². The van der Waals surface area contributed by atoms with E-state index in [2.05, 4.69) is 48.6 Å². The quantitative estimate of drug-likeness (QED) is 0.605. The van der Waals surface area contributed by atoms with Crippen LogP contribution in [0.15, 0.2) is 47.6 Å². The molecule has 0 atom stereocenters. The van der Waals surface area contributed by atoms with Gasteiger partial charge >= 0.3 is 0 Å². The van der Waals surface area contributed by atoms with Gasteiger partial charge in [0.05, 0.1) is 11.9 Å². The van der Waals surface area contributed by atoms with Crippen molar-refractivity contribution in [2.75, 3.05) is 5.43 Å². The van der Waals surface area contributed by atoms with Crippen LogP contribution in [-0.2, 0) is 0 Å². The van der Waals surface area contributed by atoms with Gasteiger partial charge in [-0.1, -0.05) is 55.8 Å². The second-order valence-corrected chi connectivity index (χ2v) is 5.56. The Morgan fingerprint density at radius 1 is 1.10 bits per heavy atom. The fourth-order valence-electron chi connectivity index (χ4n) is 1.81. The normalized spacial score (nSPS) is 11.2. The smallest absolute Gasteiger partial charge is 0.0576 e. The number of nitrogens with one attached hydrogen (secondary N) is 1. The zero-order valence-electron chi connectivity index (χ0n) is 12.0. The van der Waals surface area contributed by atoms with Crippen LogP contribution >= 0.6 is 11.6 Å². The number of hydrazone groups is 1. The summed E-state index contributed by atoms with van der Waals surface area (Å²) in [6, 6.07) is 14.2. The summed E-state index contributed by atoms with van der Waals surface area (Å²) in [6.07, 6.45) is 1.80. The molecule has 0 radical (unpaired) electrons. The van der Waals surface area contributed by atoms with Crippen LogP contribution in [0.25, 0.3) is 0 Å². The number of halogens is 1. The van der Waals surface area contributed by atoms with E-state index in [1.807, 2.05) is 25.1 Å². The van der Waals surface area contributed by atoms with Gasteiger partial charge < -0.3 is 0 Å². The Kier molecular flexibility index (Phi) is 4.80. The SMILES string of the molecule is Cc1ccc(N/N=C/c2ccc(C(C)C)cc2)cc1Cl. The molecule has 0 aromatic heterocycles. The standard InChI is InChI=1S/C17H19ClN2/c1-12(2)15-7-5-14(6-8-15)11-19-20-16-9-4-13(3)17(18)10-16/h4-12,20H,1-3H3/b19-11+. The molecule has 0 saturated heterocycles. The third-order valence-electron chi connectivity index (χ3n) is 3.18. The first-order chi connectivity index (χ1) is 9.56. The molecule has 2 rings (SSSR count). The van der Waals surface area contributed by atoms with Crippen molar-refractivity contribution in [1.82, 2.24) is 0 Å². The van der Waals surface area contributed by atoms with Crippen LogP contribution in [0.2, 0.25) is 5.02 Å². The minimum Gasteiger partial charge on any atom is -0.278 e. The third-order valence-corrected chi connectivity index (χ3v) is 3.59. The molecule has 0 unspecified atom stereocenters. The predicted octanol–water partition coefficient (Wildman–Crippen LogP) is 5.22. The molecule has 0 heterocycles. The maximum Gasteiger partial charge on any atom is 0.0576 e. The Morgan fingerprint density at radius 2 is 1.80 bits per heavy atom. The lowest BCUT2D eigenvalue weighted by atomic mass is 10.0. The average Bonchev–Trinajstić information content (AvgIpc) is 2.43. The number of aryl methyl sites for hydroxylation is 1. The van der Waals surface area contributed by atoms with E-state index in [4.69, 9.17) is 11.6 Å². The highest BCUT2D eigenvalue weighted by molar-refractivity contribution is 6.31. The van der Waals surface area contributed by atoms with E-state index in [9.17, 15) is 0 Å². The molecule has 0 fully saturated rings. The van der Waals surface area contributed by atoms with Crippen molar-refractivity contribution in [2.24, 2.45) is 5.10 Å². The molecule has 0 aliphatic carbocycles. The van der Waals surface area contributed by atoms with E-state index in [1.165, 1.54) is 5.56 Å². The molecular formula is C17H19ClN2. The van der Waals surface area contributed by atoms with E-state index >= 15 is 0 Å². The first-order valence-corrected chi connectivity index (χ1v) is 7.09. The van der Waals surface area contributed by atoms with Gasteiger partial charge in [0.25, 0.3) is 0 Å². The molecular weight excluding hydrogens is 268 g/mol. The van der Waals surface area contributed by atoms with Crippen LogP contribution in [0.1, 0.15) is 36.5 Å². The summed E-state index contributed by atoms with van der Waals surface area (Å²) in [5, 5.41) is 4.97. The Bertz CT molecular complexity index is 601. The fraction of sp³-hybridized carbons (Fsp3) is 0.235. The van der Waals surface area contributed by atoms with Crippen molar-refractivity contribution in [2.45, 2.75) is 26.7 Å². The van der Waals surface area contributed by atoms with Crippen molar-refractivity contribution in [3.05, 3.63) is 64.2 Å². The molecule has 2 aromatic carbocycles. The maximum atomic E-state index is 6.06. The minimum atomic E-state index is 0.550. The zero-order chi connectivity index (χ0) is 14.5. The van der Waals surface area contributed by atoms with E-state index in [-0.39, 0.29) is 0 Å². The third kappa shape index (κ3) is 3.84. The van der Waals surface area contributed by atoms with Crippen molar-refractivity contribution in [3.63, 3.8) is 0 Å². The summed E-state index contributed by atoms with van der Waals surface area (Å²) in [5.74, 6) is 0.550. The van der Waals surface area contributed by atoms with Gasteiger partial charge in [0.1, 0.15) is 0 Å². The Labute approximate surface area is 125 Å². The minimum absolute atomic E-state index is 0.550. The summed E-state index contributed by atoms with van der Waals surface area (Å²) in [5.41, 5.74) is 7.33. The second kappa shape index (κ2) is 6.58. The Balaban J connectivity index is 2.00. The number of rotatable bonds is 4. The topological polar surface area (TPSA) is 24.4 Å². The molecule has 104 valence electrons. The number of benzene rings is 2. The molecule has 20 heavy (non-hydrogen) atoms. The highest BCUT2D eigenvalue weighted by atomic mass is 35.5. The van der Waals surface area contributed by atoms with Gasteiger partial charge in [-0.15, -0.1) is 0 Å². The van der Waals surface area contributed by atoms with E-state index in [0.717, 1.165) is 21.8 Å². The average molecular weight is 287 g/mol. The lowest BCUT2D eigenvalue weighted by Crippen LogP contribution is -1.92. The lowest BCUT2D eigenvalue weighted by Gasteiger charge is -2.05. The summed E-state index contributed by atoms with van der Waals surface area (Å²) < 4.78 is 0. The number of hydrogen-bond acceptors (Lipinski definition) is 2. The summed E-state index contributed by atoms with van der Waals surface area (Å²) in [6.45, 7) is 6.35. The first kappa shape index (κ1) is 14.6. The van der Waals surface area contributed by atoms with Crippen LogP contribution in [0.5, 0.6) is 0 Å². The Hall–Kier alpha value is -1.80. The molecule has 3 heteroatoms. The van der Waals surface area contributed by atoms with Gasteiger partial charge in [-0.05, 0) is 41.7 Å². The largest absolute Gasteiger partial charge is 0.278 e. The van der Waals surface area contributed by atoms with Gasteiger partial charge in [-0.3, -0.25) is 5.43 Å². The van der Waals surface area contributed by atoms with Crippen LogP contribution in [0.3, 0.4) is 0 Å². The summed E-state index contributed by atoms with van der Waals surface area (Å²) in [4.78, 5) is 0. The van der Waals surface area contributed by atoms with Gasteiger partial charge in [-0.2, -0.15) is 5.10 Å². The van der Waals surface area contributed by atoms with Gasteiger partial charge in [0.15, 0.2) is 0 Å². The summed E-state index contributed by atoms with van der Waals surface area (Å²) in [7, 11) is 0. The van der Waals surface area contributed by atoms with Crippen molar-refractivity contribution < 1.29 is 0 Å². The first-order valence-electron chi connectivity index (χ1n) is 6.71. The maximum absolute atomic E-state index is 6.06. The van der Waals surface area contributed by atoms with Crippen LogP contribution in [0, 0.1) is 6.92 Å². The monoisotopic (exact) mass is 286 g/mol. The summed E-state index contributed by atoms with van der Waals surface area (Å²) >= 11 is 6.06. The van der Waals surface area contributed by atoms with E-state index in [0.29, 0.717) is 5.92 Å². The highest BCUT2D eigenvalue weighted by Gasteiger charge is 1.98. The Morgan fingerprint density at radius 3 is 2.40 bits per heavy atom.